The van der Waals surface area contributed by atoms with Gasteiger partial charge in [-0.25, -0.2) is 4.79 Å². The number of methoxy groups -OCH3 is 1. The molecule has 0 amide bonds. The Kier molecular flexibility index (Phi) is 7.49. The summed E-state index contributed by atoms with van der Waals surface area (Å²) >= 11 is 0. The van der Waals surface area contributed by atoms with Crippen LogP contribution in [0.25, 0.3) is 10.8 Å². The third-order valence-electron chi connectivity index (χ3n) is 5.38. The molecule has 0 spiro atoms. The van der Waals surface area contributed by atoms with Crippen LogP contribution in [0, 0.1) is 0 Å². The molecule has 4 N–H and O–H groups in total. The molecule has 1 aromatic heterocycles. The topological polar surface area (TPSA) is 114 Å². The number of anilines is 2. The Hall–Kier alpha value is -3.10. The molecule has 2 aromatic carbocycles. The number of unbranched alkanes of at least 4 members (excludes halogenated alkanes) is 1. The summed E-state index contributed by atoms with van der Waals surface area (Å²) in [7, 11) is 1.56. The molecule has 8 nitrogen and oxygen atoms in total. The van der Waals surface area contributed by atoms with Crippen molar-refractivity contribution in [2.24, 2.45) is 0 Å². The van der Waals surface area contributed by atoms with Gasteiger partial charge in [0.25, 0.3) is 5.56 Å². The average Bonchev–Trinajstić information content (AvgIpc) is 2.76. The number of aliphatic hydroxyl groups excluding tert-OH is 1. The van der Waals surface area contributed by atoms with Gasteiger partial charge in [-0.05, 0) is 28.8 Å². The number of ether oxygens (including phenoxy) is 1. The van der Waals surface area contributed by atoms with Gasteiger partial charge in [-0.15, -0.1) is 0 Å². The minimum absolute atomic E-state index is 0.101. The van der Waals surface area contributed by atoms with E-state index in [1.165, 1.54) is 4.57 Å². The first-order valence-corrected chi connectivity index (χ1v) is 10.5. The first kappa shape index (κ1) is 22.6. The molecule has 1 atom stereocenters. The summed E-state index contributed by atoms with van der Waals surface area (Å²) in [6.45, 7) is 3.22. The molecule has 1 unspecified atom stereocenters. The molecule has 0 fully saturated rings. The zero-order chi connectivity index (χ0) is 22.4. The van der Waals surface area contributed by atoms with Gasteiger partial charge in [0.15, 0.2) is 0 Å². The largest absolute Gasteiger partial charge is 0.387 e. The number of aromatic nitrogens is 2. The van der Waals surface area contributed by atoms with E-state index < -0.39 is 17.4 Å². The number of hydrogen-bond acceptors (Lipinski definition) is 6. The fourth-order valence-electron chi connectivity index (χ4n) is 3.65. The van der Waals surface area contributed by atoms with Crippen molar-refractivity contribution in [2.45, 2.75) is 32.4 Å². The Labute approximate surface area is 180 Å². The predicted molar refractivity (Wildman–Crippen MR) is 124 cm³/mol. The molecule has 0 aliphatic rings. The molecule has 166 valence electrons. The zero-order valence-electron chi connectivity index (χ0n) is 18.0. The molecule has 0 radical (unpaired) electrons. The van der Waals surface area contributed by atoms with E-state index in [1.807, 2.05) is 49.4 Å². The van der Waals surface area contributed by atoms with Crippen molar-refractivity contribution in [2.75, 3.05) is 37.4 Å². The number of aliphatic hydroxyl groups is 1. The van der Waals surface area contributed by atoms with Crippen LogP contribution >= 0.6 is 0 Å². The van der Waals surface area contributed by atoms with Crippen molar-refractivity contribution in [1.82, 2.24) is 9.55 Å². The maximum atomic E-state index is 12.7. The Bertz CT molecular complexity index is 1140. The van der Waals surface area contributed by atoms with Gasteiger partial charge in [0, 0.05) is 26.7 Å². The Morgan fingerprint density at radius 2 is 1.94 bits per heavy atom. The number of rotatable bonds is 10. The lowest BCUT2D eigenvalue weighted by atomic mass is 10.0. The summed E-state index contributed by atoms with van der Waals surface area (Å²) < 4.78 is 6.57. The van der Waals surface area contributed by atoms with Gasteiger partial charge >= 0.3 is 5.69 Å². The minimum atomic E-state index is -0.865. The Morgan fingerprint density at radius 1 is 1.19 bits per heavy atom. The third-order valence-corrected chi connectivity index (χ3v) is 5.38. The van der Waals surface area contributed by atoms with Crippen molar-refractivity contribution >= 4 is 22.3 Å². The summed E-state index contributed by atoms with van der Waals surface area (Å²) in [4.78, 5) is 29.0. The van der Waals surface area contributed by atoms with E-state index in [-0.39, 0.29) is 18.1 Å². The summed E-state index contributed by atoms with van der Waals surface area (Å²) in [5, 5.41) is 13.1. The first-order valence-electron chi connectivity index (χ1n) is 10.5. The second-order valence-corrected chi connectivity index (χ2v) is 7.56. The highest BCUT2D eigenvalue weighted by atomic mass is 16.5. The highest BCUT2D eigenvalue weighted by Gasteiger charge is 2.22. The lowest BCUT2D eigenvalue weighted by Crippen LogP contribution is -2.41. The quantitative estimate of drug-likeness (QED) is 0.458. The van der Waals surface area contributed by atoms with Gasteiger partial charge in [-0.1, -0.05) is 49.7 Å². The van der Waals surface area contributed by atoms with Crippen LogP contribution < -0.4 is 21.9 Å². The highest BCUT2D eigenvalue weighted by molar-refractivity contribution is 5.83. The van der Waals surface area contributed by atoms with Crippen LogP contribution in [0.2, 0.25) is 0 Å². The van der Waals surface area contributed by atoms with Gasteiger partial charge < -0.3 is 20.5 Å². The van der Waals surface area contributed by atoms with Crippen molar-refractivity contribution < 1.29 is 9.84 Å². The normalized spacial score (nSPS) is 12.2. The maximum absolute atomic E-state index is 12.7. The maximum Gasteiger partial charge on any atom is 0.330 e. The average molecular weight is 427 g/mol. The number of nitrogen functional groups attached to an aromatic ring is 1. The SMILES string of the molecule is CCCCn1c(N)c(N(CCOC)CC(O)c2ccc3ccccc3c2)c(=O)[nH]c1=O. The fraction of sp³-hybridized carbons (Fsp3) is 0.391. The summed E-state index contributed by atoms with van der Waals surface area (Å²) in [5.74, 6) is 0.101. The van der Waals surface area contributed by atoms with Crippen molar-refractivity contribution in [3.8, 4) is 0 Å². The third kappa shape index (κ3) is 5.15. The Balaban J connectivity index is 1.96. The molecule has 3 rings (SSSR count). The van der Waals surface area contributed by atoms with Gasteiger partial charge in [0.05, 0.1) is 12.7 Å². The van der Waals surface area contributed by atoms with Crippen LogP contribution in [-0.4, -0.2) is 41.5 Å². The molecule has 0 bridgehead atoms. The Morgan fingerprint density at radius 3 is 2.65 bits per heavy atom. The number of nitrogens with zero attached hydrogens (tertiary/aromatic N) is 2. The standard InChI is InChI=1S/C23H30N4O4/c1-3-4-11-27-21(24)20(22(29)25-23(27)30)26(12-13-31-2)15-19(28)18-10-9-16-7-5-6-8-17(16)14-18/h5-10,14,19,28H,3-4,11-13,15,24H2,1-2H3,(H,25,29,30). The number of H-pyrrole nitrogens is 1. The van der Waals surface area contributed by atoms with Crippen molar-refractivity contribution in [3.05, 3.63) is 68.9 Å². The smallest absolute Gasteiger partial charge is 0.330 e. The monoisotopic (exact) mass is 426 g/mol. The molecule has 0 aliphatic carbocycles. The number of benzene rings is 2. The minimum Gasteiger partial charge on any atom is -0.387 e. The number of nitrogens with one attached hydrogen (secondary N) is 1. The molecule has 8 heteroatoms. The summed E-state index contributed by atoms with van der Waals surface area (Å²) in [6, 6.07) is 13.7. The van der Waals surface area contributed by atoms with Crippen LogP contribution in [0.15, 0.2) is 52.1 Å². The fourth-order valence-corrected chi connectivity index (χ4v) is 3.65. The van der Waals surface area contributed by atoms with E-state index in [9.17, 15) is 14.7 Å². The number of fused-ring (bicyclic) bond motifs is 1. The van der Waals surface area contributed by atoms with E-state index in [0.717, 1.165) is 29.2 Å². The number of nitrogens with two attached hydrogens (primary N) is 1. The van der Waals surface area contributed by atoms with E-state index >= 15 is 0 Å². The first-order chi connectivity index (χ1) is 15.0. The van der Waals surface area contributed by atoms with Crippen LogP contribution in [0.5, 0.6) is 0 Å². The van der Waals surface area contributed by atoms with Gasteiger partial charge in [-0.3, -0.25) is 14.3 Å². The summed E-state index contributed by atoms with van der Waals surface area (Å²) in [5.41, 5.74) is 6.07. The van der Waals surface area contributed by atoms with Gasteiger partial charge in [0.2, 0.25) is 0 Å². The molecular formula is C23H30N4O4. The van der Waals surface area contributed by atoms with Crippen LogP contribution in [0.1, 0.15) is 31.4 Å². The molecule has 0 saturated carbocycles. The predicted octanol–water partition coefficient (Wildman–Crippen LogP) is 2.26. The molecule has 0 aliphatic heterocycles. The van der Waals surface area contributed by atoms with E-state index in [4.69, 9.17) is 10.5 Å². The van der Waals surface area contributed by atoms with E-state index in [0.29, 0.717) is 19.7 Å². The van der Waals surface area contributed by atoms with Gasteiger partial charge in [-0.2, -0.15) is 0 Å². The summed E-state index contributed by atoms with van der Waals surface area (Å²) in [6.07, 6.45) is 0.776. The molecule has 0 saturated heterocycles. The van der Waals surface area contributed by atoms with Crippen molar-refractivity contribution in [3.63, 3.8) is 0 Å². The molecule has 31 heavy (non-hydrogen) atoms. The second-order valence-electron chi connectivity index (χ2n) is 7.56. The van der Waals surface area contributed by atoms with E-state index in [1.54, 1.807) is 12.0 Å². The number of aromatic amines is 1. The number of hydrogen-bond donors (Lipinski definition) is 3. The molecule has 1 heterocycles. The highest BCUT2D eigenvalue weighted by Crippen LogP contribution is 2.24. The van der Waals surface area contributed by atoms with Gasteiger partial charge in [0.1, 0.15) is 11.5 Å². The van der Waals surface area contributed by atoms with Crippen molar-refractivity contribution in [1.29, 1.82) is 0 Å². The molecule has 3 aromatic rings. The van der Waals surface area contributed by atoms with Crippen LogP contribution in [0.4, 0.5) is 11.5 Å². The van der Waals surface area contributed by atoms with Crippen LogP contribution in [-0.2, 0) is 11.3 Å². The lowest BCUT2D eigenvalue weighted by Gasteiger charge is -2.28. The van der Waals surface area contributed by atoms with E-state index in [2.05, 4.69) is 4.98 Å². The second kappa shape index (κ2) is 10.3. The lowest BCUT2D eigenvalue weighted by molar-refractivity contribution is 0.173. The van der Waals surface area contributed by atoms with Crippen LogP contribution in [0.3, 0.4) is 0 Å². The molecular weight excluding hydrogens is 396 g/mol. The zero-order valence-corrected chi connectivity index (χ0v) is 18.0.